The molecule has 1 aromatic carbocycles. The molecule has 1 aromatic heterocycles. The molecule has 5 nitrogen and oxygen atoms in total. The highest BCUT2D eigenvalue weighted by Gasteiger charge is 2.14. The molecule has 1 heterocycles. The third kappa shape index (κ3) is 3.17. The van der Waals surface area contributed by atoms with Gasteiger partial charge < -0.3 is 13.9 Å². The molecule has 0 N–H and O–H groups in total. The maximum absolute atomic E-state index is 5.63. The number of aromatic nitrogens is 2. The van der Waals surface area contributed by atoms with E-state index in [1.807, 2.05) is 12.1 Å². The molecule has 0 aliphatic rings. The molecular formula is C13H15ClN2O3. The van der Waals surface area contributed by atoms with Crippen molar-refractivity contribution in [2.24, 2.45) is 0 Å². The maximum atomic E-state index is 5.63. The molecular weight excluding hydrogens is 268 g/mol. The van der Waals surface area contributed by atoms with Crippen LogP contribution in [0.5, 0.6) is 11.5 Å². The third-order valence-electron chi connectivity index (χ3n) is 2.63. The topological polar surface area (TPSA) is 57.4 Å². The van der Waals surface area contributed by atoms with Crippen molar-refractivity contribution < 1.29 is 13.9 Å². The van der Waals surface area contributed by atoms with Crippen LogP contribution in [0.25, 0.3) is 11.5 Å². The average molecular weight is 283 g/mol. The molecule has 0 amide bonds. The van der Waals surface area contributed by atoms with Crippen molar-refractivity contribution in [3.8, 4) is 23.0 Å². The molecule has 0 unspecified atom stereocenters. The Labute approximate surface area is 116 Å². The Morgan fingerprint density at radius 3 is 2.74 bits per heavy atom. The first-order valence-corrected chi connectivity index (χ1v) is 6.42. The van der Waals surface area contributed by atoms with Crippen LogP contribution in [-0.2, 0) is 6.42 Å². The molecule has 102 valence electrons. The lowest BCUT2D eigenvalue weighted by molar-refractivity contribution is 0.394. The minimum atomic E-state index is 0.434. The molecule has 0 aliphatic carbocycles. The van der Waals surface area contributed by atoms with Crippen LogP contribution in [0.1, 0.15) is 12.3 Å². The molecule has 0 saturated heterocycles. The van der Waals surface area contributed by atoms with E-state index in [1.54, 1.807) is 20.3 Å². The van der Waals surface area contributed by atoms with Crippen molar-refractivity contribution in [3.63, 3.8) is 0 Å². The number of alkyl halides is 1. The zero-order valence-corrected chi connectivity index (χ0v) is 11.6. The van der Waals surface area contributed by atoms with Crippen LogP contribution in [0.2, 0.25) is 0 Å². The summed E-state index contributed by atoms with van der Waals surface area (Å²) in [5.74, 6) is 2.93. The Kier molecular flexibility index (Phi) is 4.63. The van der Waals surface area contributed by atoms with E-state index in [1.165, 1.54) is 0 Å². The van der Waals surface area contributed by atoms with Crippen molar-refractivity contribution in [2.45, 2.75) is 12.8 Å². The van der Waals surface area contributed by atoms with Crippen molar-refractivity contribution in [3.05, 3.63) is 24.1 Å². The minimum Gasteiger partial charge on any atom is -0.497 e. The molecule has 0 fully saturated rings. The molecule has 2 rings (SSSR count). The summed E-state index contributed by atoms with van der Waals surface area (Å²) in [6.07, 6.45) is 1.48. The number of hydrogen-bond donors (Lipinski definition) is 0. The van der Waals surface area contributed by atoms with Crippen LogP contribution in [0.15, 0.2) is 22.6 Å². The fourth-order valence-corrected chi connectivity index (χ4v) is 1.79. The Bertz CT molecular complexity index is 542. The smallest absolute Gasteiger partial charge is 0.251 e. The Morgan fingerprint density at radius 1 is 1.21 bits per heavy atom. The van der Waals surface area contributed by atoms with Gasteiger partial charge in [0.2, 0.25) is 5.89 Å². The quantitative estimate of drug-likeness (QED) is 0.763. The van der Waals surface area contributed by atoms with Crippen LogP contribution < -0.4 is 9.47 Å². The number of nitrogens with zero attached hydrogens (tertiary/aromatic N) is 2. The number of benzene rings is 1. The predicted molar refractivity (Wildman–Crippen MR) is 71.9 cm³/mol. The normalized spacial score (nSPS) is 10.5. The molecule has 19 heavy (non-hydrogen) atoms. The first-order valence-electron chi connectivity index (χ1n) is 5.89. The summed E-state index contributed by atoms with van der Waals surface area (Å²) >= 11 is 5.63. The van der Waals surface area contributed by atoms with Gasteiger partial charge in [0, 0.05) is 18.4 Å². The van der Waals surface area contributed by atoms with Gasteiger partial charge in [-0.2, -0.15) is 0 Å². The molecule has 0 atom stereocenters. The number of ether oxygens (including phenoxy) is 2. The summed E-state index contributed by atoms with van der Waals surface area (Å²) in [6, 6.07) is 5.43. The number of halogens is 1. The van der Waals surface area contributed by atoms with Gasteiger partial charge >= 0.3 is 0 Å². The summed E-state index contributed by atoms with van der Waals surface area (Å²) in [4.78, 5) is 0. The predicted octanol–water partition coefficient (Wildman–Crippen LogP) is 2.93. The first kappa shape index (κ1) is 13.7. The van der Waals surface area contributed by atoms with Gasteiger partial charge in [0.05, 0.1) is 19.8 Å². The van der Waals surface area contributed by atoms with Gasteiger partial charge in [-0.15, -0.1) is 21.8 Å². The highest BCUT2D eigenvalue weighted by atomic mass is 35.5. The van der Waals surface area contributed by atoms with E-state index in [-0.39, 0.29) is 0 Å². The van der Waals surface area contributed by atoms with Gasteiger partial charge in [-0.05, 0) is 18.6 Å². The van der Waals surface area contributed by atoms with Crippen molar-refractivity contribution in [1.82, 2.24) is 10.2 Å². The summed E-state index contributed by atoms with van der Waals surface area (Å²) in [5.41, 5.74) is 0.743. The monoisotopic (exact) mass is 282 g/mol. The second kappa shape index (κ2) is 6.43. The van der Waals surface area contributed by atoms with Crippen LogP contribution in [0.3, 0.4) is 0 Å². The summed E-state index contributed by atoms with van der Waals surface area (Å²) in [6.45, 7) is 0. The van der Waals surface area contributed by atoms with Crippen molar-refractivity contribution in [1.29, 1.82) is 0 Å². The fraction of sp³-hybridized carbons (Fsp3) is 0.385. The second-order valence-corrected chi connectivity index (χ2v) is 4.24. The molecule has 0 spiro atoms. The minimum absolute atomic E-state index is 0.434. The van der Waals surface area contributed by atoms with Gasteiger partial charge in [0.1, 0.15) is 11.5 Å². The zero-order chi connectivity index (χ0) is 13.7. The standard InChI is InChI=1S/C13H15ClN2O3/c1-17-9-5-6-10(11(8-9)18-2)13-16-15-12(19-13)4-3-7-14/h5-6,8H,3-4,7H2,1-2H3. The van der Waals surface area contributed by atoms with Gasteiger partial charge in [0.25, 0.3) is 5.89 Å². The van der Waals surface area contributed by atoms with Crippen molar-refractivity contribution in [2.75, 3.05) is 20.1 Å². The molecule has 0 saturated carbocycles. The molecule has 0 aliphatic heterocycles. The number of aryl methyl sites for hydroxylation is 1. The van der Waals surface area contributed by atoms with Crippen LogP contribution in [-0.4, -0.2) is 30.3 Å². The van der Waals surface area contributed by atoms with E-state index in [9.17, 15) is 0 Å². The lowest BCUT2D eigenvalue weighted by Gasteiger charge is -2.07. The molecule has 0 bridgehead atoms. The lowest BCUT2D eigenvalue weighted by atomic mass is 10.2. The number of hydrogen-bond acceptors (Lipinski definition) is 5. The third-order valence-corrected chi connectivity index (χ3v) is 2.90. The number of rotatable bonds is 6. The molecule has 2 aromatic rings. The van der Waals surface area contributed by atoms with E-state index in [0.717, 1.165) is 12.0 Å². The Hall–Kier alpha value is -1.75. The Balaban J connectivity index is 2.27. The van der Waals surface area contributed by atoms with E-state index in [4.69, 9.17) is 25.5 Å². The molecule has 0 radical (unpaired) electrons. The highest BCUT2D eigenvalue weighted by molar-refractivity contribution is 6.17. The first-order chi connectivity index (χ1) is 9.28. The summed E-state index contributed by atoms with van der Waals surface area (Å²) in [5, 5.41) is 8.01. The van der Waals surface area contributed by atoms with Gasteiger partial charge in [-0.25, -0.2) is 0 Å². The van der Waals surface area contributed by atoms with E-state index < -0.39 is 0 Å². The van der Waals surface area contributed by atoms with E-state index >= 15 is 0 Å². The SMILES string of the molecule is COc1ccc(-c2nnc(CCCCl)o2)c(OC)c1. The summed E-state index contributed by atoms with van der Waals surface area (Å²) in [7, 11) is 3.19. The largest absolute Gasteiger partial charge is 0.497 e. The average Bonchev–Trinajstić information content (AvgIpc) is 2.92. The number of methoxy groups -OCH3 is 2. The van der Waals surface area contributed by atoms with E-state index in [0.29, 0.717) is 35.6 Å². The van der Waals surface area contributed by atoms with Gasteiger partial charge in [0.15, 0.2) is 0 Å². The van der Waals surface area contributed by atoms with Crippen LogP contribution in [0, 0.1) is 0 Å². The Morgan fingerprint density at radius 2 is 2.05 bits per heavy atom. The lowest BCUT2D eigenvalue weighted by Crippen LogP contribution is -1.90. The summed E-state index contributed by atoms with van der Waals surface area (Å²) < 4.78 is 16.0. The maximum Gasteiger partial charge on any atom is 0.251 e. The fourth-order valence-electron chi connectivity index (χ4n) is 1.66. The van der Waals surface area contributed by atoms with Crippen molar-refractivity contribution >= 4 is 11.6 Å². The molecule has 6 heteroatoms. The van der Waals surface area contributed by atoms with Crippen LogP contribution in [0.4, 0.5) is 0 Å². The van der Waals surface area contributed by atoms with Gasteiger partial charge in [-0.1, -0.05) is 0 Å². The second-order valence-electron chi connectivity index (χ2n) is 3.86. The van der Waals surface area contributed by atoms with Crippen LogP contribution >= 0.6 is 11.6 Å². The van der Waals surface area contributed by atoms with Gasteiger partial charge in [-0.3, -0.25) is 0 Å². The highest BCUT2D eigenvalue weighted by Crippen LogP contribution is 2.32. The van der Waals surface area contributed by atoms with E-state index in [2.05, 4.69) is 10.2 Å². The zero-order valence-electron chi connectivity index (χ0n) is 10.9.